The summed E-state index contributed by atoms with van der Waals surface area (Å²) in [6, 6.07) is 5.80. The highest BCUT2D eigenvalue weighted by molar-refractivity contribution is 8.01. The van der Waals surface area contributed by atoms with E-state index in [2.05, 4.69) is 15.4 Å². The first-order valence-corrected chi connectivity index (χ1v) is 8.14. The van der Waals surface area contributed by atoms with E-state index in [1.807, 2.05) is 31.4 Å². The molecule has 0 radical (unpaired) electrons. The summed E-state index contributed by atoms with van der Waals surface area (Å²) in [5.74, 6) is 0.105. The van der Waals surface area contributed by atoms with Gasteiger partial charge in [0.2, 0.25) is 0 Å². The molecular formula is C11H12N4OS3. The van der Waals surface area contributed by atoms with Crippen LogP contribution in [0.3, 0.4) is 0 Å². The molecule has 0 saturated heterocycles. The van der Waals surface area contributed by atoms with Crippen LogP contribution in [0.25, 0.3) is 0 Å². The molecule has 5 nitrogen and oxygen atoms in total. The third-order valence-corrected chi connectivity index (χ3v) is 5.01. The number of aryl methyl sites for hydroxylation is 1. The lowest BCUT2D eigenvalue weighted by Crippen LogP contribution is -2.15. The van der Waals surface area contributed by atoms with Crippen molar-refractivity contribution in [2.75, 3.05) is 6.26 Å². The Morgan fingerprint density at radius 3 is 2.68 bits per heavy atom. The standard InChI is InChI=1S/C11H12N4OS3/c1-6-13-14-11(18-6)19-8-5-3-4-7(17-2)9(8)10(12)15-16/h3-5,16H,1-2H3,(H2,12,15). The number of oxime groups is 1. The van der Waals surface area contributed by atoms with Crippen molar-refractivity contribution in [2.45, 2.75) is 21.1 Å². The molecule has 0 saturated carbocycles. The van der Waals surface area contributed by atoms with Crippen LogP contribution in [0.4, 0.5) is 0 Å². The summed E-state index contributed by atoms with van der Waals surface area (Å²) < 4.78 is 0.836. The molecule has 1 heterocycles. The quantitative estimate of drug-likeness (QED) is 0.297. The Balaban J connectivity index is 2.44. The number of rotatable bonds is 4. The molecule has 0 bridgehead atoms. The zero-order valence-corrected chi connectivity index (χ0v) is 12.8. The molecule has 0 spiro atoms. The predicted octanol–water partition coefficient (Wildman–Crippen LogP) is 2.81. The third kappa shape index (κ3) is 3.20. The second kappa shape index (κ2) is 6.27. The first kappa shape index (κ1) is 14.2. The highest BCUT2D eigenvalue weighted by Gasteiger charge is 2.15. The maximum Gasteiger partial charge on any atom is 0.179 e. The molecular weight excluding hydrogens is 300 g/mol. The van der Waals surface area contributed by atoms with Gasteiger partial charge in [-0.15, -0.1) is 22.0 Å². The van der Waals surface area contributed by atoms with Crippen LogP contribution in [-0.4, -0.2) is 27.5 Å². The van der Waals surface area contributed by atoms with Crippen LogP contribution in [0.1, 0.15) is 10.6 Å². The van der Waals surface area contributed by atoms with Crippen molar-refractivity contribution in [3.63, 3.8) is 0 Å². The van der Waals surface area contributed by atoms with Crippen molar-refractivity contribution in [1.82, 2.24) is 10.2 Å². The molecule has 2 rings (SSSR count). The fraction of sp³-hybridized carbons (Fsp3) is 0.182. The lowest BCUT2D eigenvalue weighted by atomic mass is 10.2. The minimum Gasteiger partial charge on any atom is -0.409 e. The van der Waals surface area contributed by atoms with E-state index in [1.54, 1.807) is 11.8 Å². The number of amidine groups is 1. The topological polar surface area (TPSA) is 84.4 Å². The maximum atomic E-state index is 8.92. The summed E-state index contributed by atoms with van der Waals surface area (Å²) in [5, 5.41) is 21.0. The Hall–Kier alpha value is -1.25. The summed E-state index contributed by atoms with van der Waals surface area (Å²) >= 11 is 4.53. The number of aromatic nitrogens is 2. The lowest BCUT2D eigenvalue weighted by Gasteiger charge is -2.10. The number of hydrogen-bond acceptors (Lipinski definition) is 7. The first-order valence-electron chi connectivity index (χ1n) is 5.28. The van der Waals surface area contributed by atoms with Crippen LogP contribution in [0, 0.1) is 6.92 Å². The Bertz CT molecular complexity index is 612. The van der Waals surface area contributed by atoms with Crippen LogP contribution >= 0.6 is 34.9 Å². The number of nitrogens with two attached hydrogens (primary N) is 1. The van der Waals surface area contributed by atoms with Gasteiger partial charge < -0.3 is 10.9 Å². The minimum absolute atomic E-state index is 0.105. The summed E-state index contributed by atoms with van der Waals surface area (Å²) in [6.07, 6.45) is 1.95. The Labute approximate surface area is 123 Å². The molecule has 0 aliphatic rings. The van der Waals surface area contributed by atoms with Gasteiger partial charge in [-0.1, -0.05) is 34.3 Å². The van der Waals surface area contributed by atoms with E-state index in [4.69, 9.17) is 10.9 Å². The van der Waals surface area contributed by atoms with Crippen molar-refractivity contribution in [1.29, 1.82) is 0 Å². The van der Waals surface area contributed by atoms with Gasteiger partial charge in [-0.25, -0.2) is 0 Å². The largest absolute Gasteiger partial charge is 0.409 e. The molecule has 19 heavy (non-hydrogen) atoms. The van der Waals surface area contributed by atoms with Crippen molar-refractivity contribution < 1.29 is 5.21 Å². The number of nitrogens with zero attached hydrogens (tertiary/aromatic N) is 3. The molecule has 100 valence electrons. The van der Waals surface area contributed by atoms with Crippen molar-refractivity contribution in [3.8, 4) is 0 Å². The fourth-order valence-electron chi connectivity index (χ4n) is 1.48. The van der Waals surface area contributed by atoms with E-state index in [1.165, 1.54) is 23.1 Å². The molecule has 0 amide bonds. The van der Waals surface area contributed by atoms with Crippen LogP contribution in [0.15, 0.2) is 37.5 Å². The highest BCUT2D eigenvalue weighted by Crippen LogP contribution is 2.35. The zero-order chi connectivity index (χ0) is 13.8. The van der Waals surface area contributed by atoms with E-state index in [9.17, 15) is 0 Å². The van der Waals surface area contributed by atoms with Gasteiger partial charge in [0.1, 0.15) is 5.01 Å². The van der Waals surface area contributed by atoms with E-state index < -0.39 is 0 Å². The minimum atomic E-state index is 0.105. The van der Waals surface area contributed by atoms with Gasteiger partial charge in [0, 0.05) is 15.4 Å². The predicted molar refractivity (Wildman–Crippen MR) is 79.5 cm³/mol. The van der Waals surface area contributed by atoms with E-state index in [-0.39, 0.29) is 5.84 Å². The molecule has 1 aromatic heterocycles. The summed E-state index contributed by atoms with van der Waals surface area (Å²) in [4.78, 5) is 1.86. The van der Waals surface area contributed by atoms with Crippen molar-refractivity contribution >= 4 is 40.7 Å². The smallest absolute Gasteiger partial charge is 0.179 e. The van der Waals surface area contributed by atoms with Crippen molar-refractivity contribution in [3.05, 3.63) is 28.8 Å². The van der Waals surface area contributed by atoms with E-state index in [0.29, 0.717) is 0 Å². The van der Waals surface area contributed by atoms with Crippen LogP contribution in [0.2, 0.25) is 0 Å². The molecule has 0 aliphatic carbocycles. The van der Waals surface area contributed by atoms with Gasteiger partial charge in [0.15, 0.2) is 10.2 Å². The average Bonchev–Trinajstić information content (AvgIpc) is 2.83. The fourth-order valence-corrected chi connectivity index (χ4v) is 4.13. The molecule has 0 unspecified atom stereocenters. The normalized spacial score (nSPS) is 11.8. The Morgan fingerprint density at radius 1 is 1.37 bits per heavy atom. The Kier molecular flexibility index (Phi) is 4.67. The summed E-state index contributed by atoms with van der Waals surface area (Å²) in [7, 11) is 0. The second-order valence-electron chi connectivity index (χ2n) is 3.51. The van der Waals surface area contributed by atoms with Crippen LogP contribution < -0.4 is 5.73 Å². The first-order chi connectivity index (χ1) is 9.15. The lowest BCUT2D eigenvalue weighted by molar-refractivity contribution is 0.318. The van der Waals surface area contributed by atoms with Crippen LogP contribution in [-0.2, 0) is 0 Å². The van der Waals surface area contributed by atoms with Gasteiger partial charge in [0.25, 0.3) is 0 Å². The van der Waals surface area contributed by atoms with Gasteiger partial charge in [0.05, 0.1) is 0 Å². The second-order valence-corrected chi connectivity index (χ2v) is 6.83. The molecule has 0 atom stereocenters. The SMILES string of the molecule is CSc1cccc(Sc2nnc(C)s2)c1/C(N)=N/O. The molecule has 3 N–H and O–H groups in total. The summed E-state index contributed by atoms with van der Waals surface area (Å²) in [6.45, 7) is 1.91. The Morgan fingerprint density at radius 2 is 2.11 bits per heavy atom. The van der Waals surface area contributed by atoms with Gasteiger partial charge in [-0.2, -0.15) is 0 Å². The summed E-state index contributed by atoms with van der Waals surface area (Å²) in [5.41, 5.74) is 6.50. The number of hydrogen-bond donors (Lipinski definition) is 2. The van der Waals surface area contributed by atoms with E-state index >= 15 is 0 Å². The highest BCUT2D eigenvalue weighted by atomic mass is 32.2. The zero-order valence-electron chi connectivity index (χ0n) is 10.3. The maximum absolute atomic E-state index is 8.92. The monoisotopic (exact) mass is 312 g/mol. The van der Waals surface area contributed by atoms with Gasteiger partial charge in [-0.05, 0) is 25.3 Å². The molecule has 1 aromatic carbocycles. The third-order valence-electron chi connectivity index (χ3n) is 2.28. The number of thioether (sulfide) groups is 1. The molecule has 0 fully saturated rings. The molecule has 2 aromatic rings. The average molecular weight is 312 g/mol. The number of benzene rings is 1. The van der Waals surface area contributed by atoms with Gasteiger partial charge in [-0.3, -0.25) is 0 Å². The molecule has 0 aliphatic heterocycles. The van der Waals surface area contributed by atoms with Crippen LogP contribution in [0.5, 0.6) is 0 Å². The molecule has 8 heteroatoms. The van der Waals surface area contributed by atoms with E-state index in [0.717, 1.165) is 24.7 Å². The van der Waals surface area contributed by atoms with Crippen molar-refractivity contribution in [2.24, 2.45) is 10.9 Å². The van der Waals surface area contributed by atoms with Gasteiger partial charge >= 0.3 is 0 Å².